The van der Waals surface area contributed by atoms with Gasteiger partial charge in [-0.05, 0) is 24.3 Å². The highest BCUT2D eigenvalue weighted by Gasteiger charge is 2.33. The topological polar surface area (TPSA) is 97.9 Å². The van der Waals surface area contributed by atoms with Crippen LogP contribution in [-0.4, -0.2) is 44.5 Å². The highest BCUT2D eigenvalue weighted by atomic mass is 16.5. The zero-order chi connectivity index (χ0) is 20.5. The van der Waals surface area contributed by atoms with E-state index in [0.29, 0.717) is 27.5 Å². The Labute approximate surface area is 165 Å². The molecule has 29 heavy (non-hydrogen) atoms. The van der Waals surface area contributed by atoms with Gasteiger partial charge in [-0.3, -0.25) is 4.79 Å². The number of aromatic amines is 1. The number of nitrogens with zero attached hydrogens (tertiary/aromatic N) is 1. The van der Waals surface area contributed by atoms with Crippen molar-refractivity contribution in [3.05, 3.63) is 64.0 Å². The summed E-state index contributed by atoms with van der Waals surface area (Å²) in [6, 6.07) is 12.3. The molecular weight excluding hydrogens is 376 g/mol. The Morgan fingerprint density at radius 1 is 1.00 bits per heavy atom. The van der Waals surface area contributed by atoms with Gasteiger partial charge in [0.15, 0.2) is 5.43 Å². The molecule has 0 bridgehead atoms. The molecule has 4 rings (SSSR count). The third-order valence-electron chi connectivity index (χ3n) is 4.84. The molecule has 0 radical (unpaired) electrons. The molecule has 8 heteroatoms. The molecule has 0 saturated carbocycles. The van der Waals surface area contributed by atoms with E-state index in [0.717, 1.165) is 0 Å². The number of aromatic nitrogens is 1. The molecule has 1 aromatic heterocycles. The summed E-state index contributed by atoms with van der Waals surface area (Å²) in [6.07, 6.45) is 0. The monoisotopic (exact) mass is 394 g/mol. The lowest BCUT2D eigenvalue weighted by molar-refractivity contribution is -0.140. The van der Waals surface area contributed by atoms with Crippen LogP contribution in [0.15, 0.2) is 58.5 Å². The van der Waals surface area contributed by atoms with E-state index in [1.165, 1.54) is 19.1 Å². The largest absolute Gasteiger partial charge is 0.466 e. The van der Waals surface area contributed by atoms with E-state index in [2.05, 4.69) is 4.98 Å². The summed E-state index contributed by atoms with van der Waals surface area (Å²) in [6.45, 7) is -0.0866. The van der Waals surface area contributed by atoms with E-state index in [1.807, 2.05) is 6.07 Å². The quantitative estimate of drug-likeness (QED) is 0.536. The molecule has 2 aromatic carbocycles. The number of rotatable bonds is 3. The van der Waals surface area contributed by atoms with Crippen LogP contribution in [0.3, 0.4) is 0 Å². The Morgan fingerprint density at radius 2 is 1.72 bits per heavy atom. The molecule has 3 aromatic rings. The maximum atomic E-state index is 13.0. The lowest BCUT2D eigenvalue weighted by Crippen LogP contribution is -2.39. The molecule has 2 heterocycles. The smallest absolute Gasteiger partial charge is 0.355 e. The molecule has 1 aliphatic rings. The number of benzene rings is 2. The molecule has 0 fully saturated rings. The maximum Gasteiger partial charge on any atom is 0.355 e. The van der Waals surface area contributed by atoms with Crippen molar-refractivity contribution in [3.8, 4) is 0 Å². The summed E-state index contributed by atoms with van der Waals surface area (Å²) >= 11 is 0. The van der Waals surface area contributed by atoms with Gasteiger partial charge in [-0.2, -0.15) is 0 Å². The van der Waals surface area contributed by atoms with E-state index in [-0.39, 0.29) is 30.0 Å². The molecule has 0 aliphatic carbocycles. The Balaban J connectivity index is 2.01. The standard InChI is InChI=1S/C21H18N2O6/c1-27-20(25)14-10-29-11-23(18(14)21(26)28-2)16-9-5-7-13-17(16)22-15-8-4-3-6-12(15)19(13)24/h3-9H,10-11H2,1-2H3,(H,22,24). The van der Waals surface area contributed by atoms with Crippen LogP contribution in [0, 0.1) is 0 Å². The first-order chi connectivity index (χ1) is 14.1. The fraction of sp³-hybridized carbons (Fsp3) is 0.190. The summed E-state index contributed by atoms with van der Waals surface area (Å²) in [4.78, 5) is 42.5. The third-order valence-corrected chi connectivity index (χ3v) is 4.84. The minimum absolute atomic E-state index is 0.00109. The van der Waals surface area contributed by atoms with Gasteiger partial charge in [0.2, 0.25) is 0 Å². The molecule has 8 nitrogen and oxygen atoms in total. The zero-order valence-electron chi connectivity index (χ0n) is 15.9. The van der Waals surface area contributed by atoms with Gasteiger partial charge in [-0.15, -0.1) is 0 Å². The van der Waals surface area contributed by atoms with Crippen LogP contribution >= 0.6 is 0 Å². The van der Waals surface area contributed by atoms with Crippen molar-refractivity contribution in [3.63, 3.8) is 0 Å². The first-order valence-electron chi connectivity index (χ1n) is 8.85. The summed E-state index contributed by atoms with van der Waals surface area (Å²) in [5.74, 6) is -1.39. The molecule has 0 amide bonds. The Bertz CT molecular complexity index is 1230. The number of anilines is 1. The average Bonchev–Trinajstić information content (AvgIpc) is 2.77. The van der Waals surface area contributed by atoms with E-state index < -0.39 is 11.9 Å². The Hall–Kier alpha value is -3.65. The fourth-order valence-corrected chi connectivity index (χ4v) is 3.49. The maximum absolute atomic E-state index is 13.0. The number of esters is 2. The molecular formula is C21H18N2O6. The summed E-state index contributed by atoms with van der Waals surface area (Å²) < 4.78 is 15.2. The molecule has 0 atom stereocenters. The van der Waals surface area contributed by atoms with E-state index >= 15 is 0 Å². The van der Waals surface area contributed by atoms with Crippen LogP contribution in [0.2, 0.25) is 0 Å². The van der Waals surface area contributed by atoms with Crippen LogP contribution < -0.4 is 10.3 Å². The fourth-order valence-electron chi connectivity index (χ4n) is 3.49. The van der Waals surface area contributed by atoms with Gasteiger partial charge in [0.25, 0.3) is 0 Å². The van der Waals surface area contributed by atoms with E-state index in [9.17, 15) is 14.4 Å². The number of pyridine rings is 1. The Kier molecular flexibility index (Phi) is 4.77. The number of carbonyl (C=O) groups excluding carboxylic acids is 2. The highest BCUT2D eigenvalue weighted by molar-refractivity contribution is 6.06. The van der Waals surface area contributed by atoms with Crippen LogP contribution in [0.1, 0.15) is 0 Å². The van der Waals surface area contributed by atoms with E-state index in [1.54, 1.807) is 36.4 Å². The number of nitrogens with one attached hydrogen (secondary N) is 1. The van der Waals surface area contributed by atoms with Gasteiger partial charge >= 0.3 is 11.9 Å². The predicted molar refractivity (Wildman–Crippen MR) is 106 cm³/mol. The van der Waals surface area contributed by atoms with Crippen molar-refractivity contribution in [2.24, 2.45) is 0 Å². The summed E-state index contributed by atoms with van der Waals surface area (Å²) in [5.41, 5.74) is 1.62. The number of methoxy groups -OCH3 is 2. The normalized spacial score (nSPS) is 14.3. The van der Waals surface area contributed by atoms with Gasteiger partial charge in [0.1, 0.15) is 12.4 Å². The van der Waals surface area contributed by atoms with Gasteiger partial charge in [-0.1, -0.05) is 18.2 Å². The van der Waals surface area contributed by atoms with Crippen molar-refractivity contribution in [1.82, 2.24) is 4.98 Å². The molecule has 0 unspecified atom stereocenters. The summed E-state index contributed by atoms with van der Waals surface area (Å²) in [5, 5.41) is 1.02. The molecule has 1 N–H and O–H groups in total. The number of hydrogen-bond acceptors (Lipinski definition) is 7. The van der Waals surface area contributed by atoms with Gasteiger partial charge in [0.05, 0.1) is 37.6 Å². The van der Waals surface area contributed by atoms with Crippen molar-refractivity contribution in [1.29, 1.82) is 0 Å². The second-order valence-corrected chi connectivity index (χ2v) is 6.42. The predicted octanol–water partition coefficient (Wildman–Crippen LogP) is 2.08. The minimum Gasteiger partial charge on any atom is -0.466 e. The second-order valence-electron chi connectivity index (χ2n) is 6.42. The molecule has 0 spiro atoms. The van der Waals surface area contributed by atoms with Crippen LogP contribution in [-0.2, 0) is 23.8 Å². The first kappa shape index (κ1) is 18.7. The highest BCUT2D eigenvalue weighted by Crippen LogP contribution is 2.31. The van der Waals surface area contributed by atoms with E-state index in [4.69, 9.17) is 14.2 Å². The Morgan fingerprint density at radius 3 is 2.48 bits per heavy atom. The number of fused-ring (bicyclic) bond motifs is 2. The number of ether oxygens (including phenoxy) is 3. The lowest BCUT2D eigenvalue weighted by Gasteiger charge is -2.31. The molecule has 148 valence electrons. The van der Waals surface area contributed by atoms with Crippen molar-refractivity contribution in [2.75, 3.05) is 32.5 Å². The van der Waals surface area contributed by atoms with Crippen molar-refractivity contribution < 1.29 is 23.8 Å². The summed E-state index contributed by atoms with van der Waals surface area (Å²) in [7, 11) is 2.46. The van der Waals surface area contributed by atoms with Crippen LogP contribution in [0.25, 0.3) is 21.8 Å². The minimum atomic E-state index is -0.700. The number of hydrogen-bond donors (Lipinski definition) is 1. The number of carbonyl (C=O) groups is 2. The average molecular weight is 394 g/mol. The molecule has 0 saturated heterocycles. The number of para-hydroxylation sites is 2. The van der Waals surface area contributed by atoms with Crippen LogP contribution in [0.5, 0.6) is 0 Å². The first-order valence-corrected chi connectivity index (χ1v) is 8.85. The second kappa shape index (κ2) is 7.40. The van der Waals surface area contributed by atoms with Crippen LogP contribution in [0.4, 0.5) is 5.69 Å². The molecule has 1 aliphatic heterocycles. The van der Waals surface area contributed by atoms with Gasteiger partial charge < -0.3 is 24.1 Å². The van der Waals surface area contributed by atoms with Gasteiger partial charge in [0, 0.05) is 16.3 Å². The van der Waals surface area contributed by atoms with Crippen molar-refractivity contribution in [2.45, 2.75) is 0 Å². The lowest BCUT2D eigenvalue weighted by atomic mass is 10.1. The van der Waals surface area contributed by atoms with Crippen molar-refractivity contribution >= 4 is 39.4 Å². The van der Waals surface area contributed by atoms with Gasteiger partial charge in [-0.25, -0.2) is 9.59 Å². The zero-order valence-corrected chi connectivity index (χ0v) is 15.9. The third kappa shape index (κ3) is 3.03. The SMILES string of the molecule is COC(=O)C1=C(C(=O)OC)N(c2cccc3c(=O)c4ccccc4[nH]c23)COC1. The number of H-pyrrole nitrogens is 1.